The Bertz CT molecular complexity index is 1210. The summed E-state index contributed by atoms with van der Waals surface area (Å²) < 4.78 is 17.7. The molecular formula is C25H29ClN4O5. The van der Waals surface area contributed by atoms with Gasteiger partial charge in [0.15, 0.2) is 5.58 Å². The Hall–Kier alpha value is -3.14. The SMILES string of the molecule is CN[C@@H](C)C(=O)N[C@@H]1C(=O)N(Cc2noc3ccccc23)c2ccccc2OC12CCOCC2.Cl. The van der Waals surface area contributed by atoms with Gasteiger partial charge in [-0.05, 0) is 38.2 Å². The van der Waals surface area contributed by atoms with Gasteiger partial charge in [-0.15, -0.1) is 12.4 Å². The van der Waals surface area contributed by atoms with Gasteiger partial charge < -0.3 is 29.5 Å². The second-order valence-electron chi connectivity index (χ2n) is 8.75. The molecule has 1 saturated heterocycles. The number of halogens is 1. The van der Waals surface area contributed by atoms with Gasteiger partial charge in [0.25, 0.3) is 5.91 Å². The molecule has 1 fully saturated rings. The van der Waals surface area contributed by atoms with E-state index < -0.39 is 17.7 Å². The molecule has 3 aromatic rings. The van der Waals surface area contributed by atoms with Crippen LogP contribution in [0.5, 0.6) is 5.75 Å². The number of hydrogen-bond donors (Lipinski definition) is 2. The molecule has 186 valence electrons. The van der Waals surface area contributed by atoms with E-state index in [-0.39, 0.29) is 30.8 Å². The standard InChI is InChI=1S/C25H28N4O5.ClH/c1-16(26-2)23(30)27-22-24(31)29(15-18-17-7-3-5-9-20(17)34-28-18)19-8-4-6-10-21(19)33-25(22)11-13-32-14-12-25;/h3-10,16,22,26H,11-15H2,1-2H3,(H,27,30);1H/t16-,22+;/m0./s1. The smallest absolute Gasteiger partial charge is 0.254 e. The highest BCUT2D eigenvalue weighted by Crippen LogP contribution is 2.41. The van der Waals surface area contributed by atoms with Crippen LogP contribution in [0.2, 0.25) is 0 Å². The summed E-state index contributed by atoms with van der Waals surface area (Å²) in [7, 11) is 1.71. The van der Waals surface area contributed by atoms with Crippen molar-refractivity contribution in [2.24, 2.45) is 0 Å². The van der Waals surface area contributed by atoms with E-state index in [9.17, 15) is 9.59 Å². The van der Waals surface area contributed by atoms with Gasteiger partial charge in [0.1, 0.15) is 23.1 Å². The van der Waals surface area contributed by atoms with Crippen molar-refractivity contribution >= 4 is 40.9 Å². The average Bonchev–Trinajstić information content (AvgIpc) is 3.25. The summed E-state index contributed by atoms with van der Waals surface area (Å²) in [5.41, 5.74) is 0.993. The summed E-state index contributed by atoms with van der Waals surface area (Å²) in [5.74, 6) is 0.0626. The Balaban J connectivity index is 0.00000289. The molecule has 0 radical (unpaired) electrons. The summed E-state index contributed by atoms with van der Waals surface area (Å²) in [6, 6.07) is 13.6. The van der Waals surface area contributed by atoms with Crippen molar-refractivity contribution in [2.75, 3.05) is 25.2 Å². The number of nitrogens with zero attached hydrogens (tertiary/aromatic N) is 2. The first-order chi connectivity index (χ1) is 16.5. The predicted octanol–water partition coefficient (Wildman–Crippen LogP) is 2.82. The number of para-hydroxylation sites is 3. The van der Waals surface area contributed by atoms with E-state index in [1.807, 2.05) is 48.5 Å². The second-order valence-corrected chi connectivity index (χ2v) is 8.75. The predicted molar refractivity (Wildman–Crippen MR) is 133 cm³/mol. The molecule has 0 bridgehead atoms. The number of benzene rings is 2. The lowest BCUT2D eigenvalue weighted by Crippen LogP contribution is -2.65. The molecule has 1 spiro atoms. The zero-order valence-electron chi connectivity index (χ0n) is 19.7. The normalized spacial score (nSPS) is 19.9. The molecule has 2 amide bonds. The Morgan fingerprint density at radius 2 is 1.89 bits per heavy atom. The first-order valence-corrected chi connectivity index (χ1v) is 11.5. The first kappa shape index (κ1) is 25.0. The van der Waals surface area contributed by atoms with Crippen molar-refractivity contribution in [3.05, 3.63) is 54.2 Å². The van der Waals surface area contributed by atoms with Gasteiger partial charge in [-0.25, -0.2) is 0 Å². The topological polar surface area (TPSA) is 106 Å². The van der Waals surface area contributed by atoms with Gasteiger partial charge in [0.05, 0.1) is 31.5 Å². The highest BCUT2D eigenvalue weighted by atomic mass is 35.5. The Morgan fingerprint density at radius 3 is 2.66 bits per heavy atom. The highest BCUT2D eigenvalue weighted by Gasteiger charge is 2.51. The number of carbonyl (C=O) groups is 2. The van der Waals surface area contributed by atoms with E-state index in [2.05, 4.69) is 15.8 Å². The van der Waals surface area contributed by atoms with E-state index in [4.69, 9.17) is 14.0 Å². The zero-order valence-corrected chi connectivity index (χ0v) is 20.5. The minimum absolute atomic E-state index is 0. The fourth-order valence-electron chi connectivity index (χ4n) is 4.61. The van der Waals surface area contributed by atoms with E-state index in [1.165, 1.54) is 0 Å². The highest BCUT2D eigenvalue weighted by molar-refractivity contribution is 6.02. The number of carbonyl (C=O) groups excluding carboxylic acids is 2. The molecule has 5 rings (SSSR count). The molecule has 2 atom stereocenters. The molecule has 2 aromatic carbocycles. The van der Waals surface area contributed by atoms with Crippen LogP contribution in [0.1, 0.15) is 25.5 Å². The first-order valence-electron chi connectivity index (χ1n) is 11.5. The van der Waals surface area contributed by atoms with E-state index in [0.717, 1.165) is 5.39 Å². The van der Waals surface area contributed by atoms with Gasteiger partial charge in [-0.1, -0.05) is 29.4 Å². The largest absolute Gasteiger partial charge is 0.482 e. The Morgan fingerprint density at radius 1 is 1.17 bits per heavy atom. The molecule has 9 nitrogen and oxygen atoms in total. The molecule has 35 heavy (non-hydrogen) atoms. The summed E-state index contributed by atoms with van der Waals surface area (Å²) in [6.45, 7) is 2.81. The van der Waals surface area contributed by atoms with E-state index >= 15 is 0 Å². The van der Waals surface area contributed by atoms with Crippen LogP contribution in [0.4, 0.5) is 5.69 Å². The quantitative estimate of drug-likeness (QED) is 0.555. The summed E-state index contributed by atoms with van der Waals surface area (Å²) in [6.07, 6.45) is 0.958. The third-order valence-electron chi connectivity index (χ3n) is 6.72. The van der Waals surface area contributed by atoms with Crippen LogP contribution in [0, 0.1) is 0 Å². The number of fused-ring (bicyclic) bond motifs is 2. The van der Waals surface area contributed by atoms with Gasteiger partial charge >= 0.3 is 0 Å². The monoisotopic (exact) mass is 500 g/mol. The van der Waals surface area contributed by atoms with Gasteiger partial charge in [-0.2, -0.15) is 0 Å². The summed E-state index contributed by atoms with van der Waals surface area (Å²) in [5, 5.41) is 11.0. The maximum Gasteiger partial charge on any atom is 0.254 e. The number of aromatic nitrogens is 1. The molecule has 0 unspecified atom stereocenters. The Kier molecular flexibility index (Phi) is 7.30. The second kappa shape index (κ2) is 10.2. The van der Waals surface area contributed by atoms with Crippen LogP contribution in [0.3, 0.4) is 0 Å². The van der Waals surface area contributed by atoms with Gasteiger partial charge in [-0.3, -0.25) is 9.59 Å². The molecule has 1 aromatic heterocycles. The van der Waals surface area contributed by atoms with Gasteiger partial charge in [0.2, 0.25) is 5.91 Å². The minimum Gasteiger partial charge on any atom is -0.482 e. The van der Waals surface area contributed by atoms with Crippen molar-refractivity contribution < 1.29 is 23.6 Å². The lowest BCUT2D eigenvalue weighted by atomic mass is 9.84. The van der Waals surface area contributed by atoms with Crippen LogP contribution in [-0.2, 0) is 20.9 Å². The van der Waals surface area contributed by atoms with Crippen LogP contribution in [0.15, 0.2) is 53.1 Å². The van der Waals surface area contributed by atoms with Crippen LogP contribution < -0.4 is 20.3 Å². The van der Waals surface area contributed by atoms with Crippen molar-refractivity contribution in [3.8, 4) is 5.75 Å². The average molecular weight is 501 g/mol. The fraction of sp³-hybridized carbons (Fsp3) is 0.400. The fourth-order valence-corrected chi connectivity index (χ4v) is 4.61. The summed E-state index contributed by atoms with van der Waals surface area (Å²) >= 11 is 0. The number of anilines is 1. The lowest BCUT2D eigenvalue weighted by Gasteiger charge is -2.41. The maximum absolute atomic E-state index is 14.2. The molecule has 2 aliphatic rings. The number of amides is 2. The number of hydrogen-bond acceptors (Lipinski definition) is 7. The number of likely N-dealkylation sites (N-methyl/N-ethyl adjacent to an activating group) is 1. The number of nitrogens with one attached hydrogen (secondary N) is 2. The van der Waals surface area contributed by atoms with Crippen molar-refractivity contribution in [2.45, 2.75) is 44.0 Å². The number of rotatable bonds is 5. The van der Waals surface area contributed by atoms with Crippen molar-refractivity contribution in [3.63, 3.8) is 0 Å². The van der Waals surface area contributed by atoms with Gasteiger partial charge in [0, 0.05) is 18.2 Å². The molecule has 0 aliphatic carbocycles. The molecule has 2 N–H and O–H groups in total. The molecule has 3 heterocycles. The molecule has 2 aliphatic heterocycles. The van der Waals surface area contributed by atoms with Crippen LogP contribution >= 0.6 is 12.4 Å². The molecule has 0 saturated carbocycles. The number of ether oxygens (including phenoxy) is 2. The minimum atomic E-state index is -0.921. The third-order valence-corrected chi connectivity index (χ3v) is 6.72. The zero-order chi connectivity index (χ0) is 23.7. The summed E-state index contributed by atoms with van der Waals surface area (Å²) in [4.78, 5) is 28.8. The lowest BCUT2D eigenvalue weighted by molar-refractivity contribution is -0.138. The van der Waals surface area contributed by atoms with E-state index in [0.29, 0.717) is 48.8 Å². The van der Waals surface area contributed by atoms with Crippen molar-refractivity contribution in [1.82, 2.24) is 15.8 Å². The van der Waals surface area contributed by atoms with Crippen molar-refractivity contribution in [1.29, 1.82) is 0 Å². The van der Waals surface area contributed by atoms with E-state index in [1.54, 1.807) is 18.9 Å². The van der Waals surface area contributed by atoms with Crippen LogP contribution in [-0.4, -0.2) is 54.9 Å². The van der Waals surface area contributed by atoms with Crippen LogP contribution in [0.25, 0.3) is 11.0 Å². The third kappa shape index (κ3) is 4.59. The molecule has 10 heteroatoms. The Labute approximate surface area is 209 Å². The maximum atomic E-state index is 14.2. The molecular weight excluding hydrogens is 472 g/mol.